The van der Waals surface area contributed by atoms with Gasteiger partial charge in [-0.25, -0.2) is 9.79 Å². The van der Waals surface area contributed by atoms with Gasteiger partial charge in [0.1, 0.15) is 11.8 Å². The average molecular weight is 661 g/mol. The van der Waals surface area contributed by atoms with Crippen molar-refractivity contribution in [3.63, 3.8) is 0 Å². The number of carbonyl (C=O) groups excluding carboxylic acids is 1. The van der Waals surface area contributed by atoms with Gasteiger partial charge in [-0.3, -0.25) is 9.36 Å². The smallest absolute Gasteiger partial charge is 0.338 e. The Morgan fingerprint density at radius 1 is 1.04 bits per heavy atom. The van der Waals surface area contributed by atoms with Crippen LogP contribution >= 0.6 is 34.5 Å². The molecule has 1 aliphatic heterocycles. The molecule has 10 heteroatoms. The number of methoxy groups -OCH3 is 1. The van der Waals surface area contributed by atoms with Crippen molar-refractivity contribution in [1.82, 2.24) is 9.13 Å². The van der Waals surface area contributed by atoms with Crippen LogP contribution in [0.5, 0.6) is 5.75 Å². The van der Waals surface area contributed by atoms with Crippen molar-refractivity contribution in [1.29, 1.82) is 0 Å². The molecule has 2 aromatic heterocycles. The molecular weight excluding hydrogens is 629 g/mol. The highest BCUT2D eigenvalue weighted by molar-refractivity contribution is 7.07. The monoisotopic (exact) mass is 659 g/mol. The number of thiazole rings is 1. The SMILES string of the molecule is CCCC1=C(C(=O)OCC)[C@@H](c2cc(Cl)ccc2OC)n2c(s/c(=C/c3cn(Cc4ccc(Cl)cc4)c4ccccc34)c2=O)=N1. The van der Waals surface area contributed by atoms with Crippen LogP contribution < -0.4 is 19.6 Å². The minimum Gasteiger partial charge on any atom is -0.496 e. The Bertz CT molecular complexity index is 2130. The maximum Gasteiger partial charge on any atom is 0.338 e. The van der Waals surface area contributed by atoms with Crippen LogP contribution in [0.1, 0.15) is 49.4 Å². The van der Waals surface area contributed by atoms with Crippen molar-refractivity contribution >= 4 is 57.5 Å². The molecule has 6 rings (SSSR count). The third-order valence-corrected chi connectivity index (χ3v) is 9.22. The van der Waals surface area contributed by atoms with E-state index in [0.717, 1.165) is 28.5 Å². The van der Waals surface area contributed by atoms with E-state index in [9.17, 15) is 9.59 Å². The van der Waals surface area contributed by atoms with E-state index in [-0.39, 0.29) is 12.2 Å². The number of para-hydroxylation sites is 1. The highest BCUT2D eigenvalue weighted by Gasteiger charge is 2.36. The zero-order valence-corrected chi connectivity index (χ0v) is 27.4. The third-order valence-electron chi connectivity index (χ3n) is 7.75. The molecule has 230 valence electrons. The topological polar surface area (TPSA) is 74.8 Å². The lowest BCUT2D eigenvalue weighted by molar-refractivity contribution is -0.139. The number of rotatable bonds is 9. The van der Waals surface area contributed by atoms with Crippen LogP contribution in [-0.4, -0.2) is 28.8 Å². The Kier molecular flexibility index (Phi) is 8.99. The molecule has 45 heavy (non-hydrogen) atoms. The van der Waals surface area contributed by atoms with Crippen molar-refractivity contribution in [2.24, 2.45) is 4.99 Å². The van der Waals surface area contributed by atoms with Crippen molar-refractivity contribution in [2.75, 3.05) is 13.7 Å². The number of aromatic nitrogens is 2. The van der Waals surface area contributed by atoms with Gasteiger partial charge in [0.25, 0.3) is 5.56 Å². The summed E-state index contributed by atoms with van der Waals surface area (Å²) in [4.78, 5) is 33.3. The zero-order chi connectivity index (χ0) is 31.7. The summed E-state index contributed by atoms with van der Waals surface area (Å²) in [6.07, 6.45) is 5.26. The van der Waals surface area contributed by atoms with Crippen molar-refractivity contribution in [3.8, 4) is 5.75 Å². The second kappa shape index (κ2) is 13.1. The van der Waals surface area contributed by atoms with Crippen LogP contribution in [0, 0.1) is 0 Å². The van der Waals surface area contributed by atoms with E-state index in [0.29, 0.717) is 54.9 Å². The number of nitrogens with zero attached hydrogens (tertiary/aromatic N) is 3. The average Bonchev–Trinajstić information content (AvgIpc) is 3.54. The molecule has 0 N–H and O–H groups in total. The van der Waals surface area contributed by atoms with Gasteiger partial charge in [0.05, 0.1) is 29.5 Å². The Balaban J connectivity index is 1.56. The van der Waals surface area contributed by atoms with E-state index >= 15 is 0 Å². The van der Waals surface area contributed by atoms with Gasteiger partial charge in [-0.1, -0.05) is 78.2 Å². The van der Waals surface area contributed by atoms with E-state index < -0.39 is 12.0 Å². The summed E-state index contributed by atoms with van der Waals surface area (Å²) in [5, 5.41) is 2.16. The number of ether oxygens (including phenoxy) is 2. The molecule has 1 atom stereocenters. The fourth-order valence-corrected chi connectivity index (χ4v) is 7.10. The molecule has 0 fully saturated rings. The number of carbonyl (C=O) groups is 1. The summed E-state index contributed by atoms with van der Waals surface area (Å²) >= 11 is 13.9. The molecule has 0 unspecified atom stereocenters. The summed E-state index contributed by atoms with van der Waals surface area (Å²) in [6.45, 7) is 4.61. The number of fused-ring (bicyclic) bond motifs is 2. The van der Waals surface area contributed by atoms with Gasteiger partial charge in [-0.15, -0.1) is 0 Å². The molecule has 0 aliphatic carbocycles. The summed E-state index contributed by atoms with van der Waals surface area (Å²) in [7, 11) is 1.55. The standard InChI is InChI=1S/C35H31Cl2N3O4S/c1-4-8-27-31(34(42)44-5-2)32(26-18-24(37)15-16-29(26)43-3)40-33(41)30(45-35(40)38-27)17-22-20-39(28-10-7-6-9-25(22)28)19-21-11-13-23(36)14-12-21/h6-7,9-18,20,32H,4-5,8,19H2,1-3H3/b30-17+/t32-/m1/s1. The van der Waals surface area contributed by atoms with Gasteiger partial charge in [0.2, 0.25) is 0 Å². The normalized spacial score (nSPS) is 14.9. The Morgan fingerprint density at radius 3 is 2.53 bits per heavy atom. The van der Waals surface area contributed by atoms with E-state index in [4.69, 9.17) is 37.7 Å². The molecule has 0 saturated heterocycles. The molecule has 0 bridgehead atoms. The first kappa shape index (κ1) is 30.9. The lowest BCUT2D eigenvalue weighted by Gasteiger charge is -2.27. The molecular formula is C35H31Cl2N3O4S. The highest BCUT2D eigenvalue weighted by atomic mass is 35.5. The maximum absolute atomic E-state index is 14.4. The van der Waals surface area contributed by atoms with E-state index in [1.54, 1.807) is 36.8 Å². The quantitative estimate of drug-likeness (QED) is 0.161. The number of allylic oxidation sites excluding steroid dienone is 1. The Hall–Kier alpha value is -4.11. The largest absolute Gasteiger partial charge is 0.496 e. The van der Waals surface area contributed by atoms with E-state index in [1.165, 1.54) is 11.3 Å². The van der Waals surface area contributed by atoms with E-state index in [1.807, 2.05) is 49.4 Å². The number of hydrogen-bond acceptors (Lipinski definition) is 6. The summed E-state index contributed by atoms with van der Waals surface area (Å²) < 4.78 is 15.5. The second-order valence-corrected chi connectivity index (χ2v) is 12.5. The van der Waals surface area contributed by atoms with Gasteiger partial charge in [-0.05, 0) is 61.4 Å². The first-order chi connectivity index (χ1) is 21.8. The van der Waals surface area contributed by atoms with Crippen molar-refractivity contribution < 1.29 is 14.3 Å². The molecule has 3 heterocycles. The Labute approximate surface area is 274 Å². The van der Waals surface area contributed by atoms with E-state index in [2.05, 4.69) is 22.9 Å². The fourth-order valence-electron chi connectivity index (χ4n) is 5.78. The number of benzene rings is 3. The summed E-state index contributed by atoms with van der Waals surface area (Å²) in [5.74, 6) is -0.0138. The zero-order valence-electron chi connectivity index (χ0n) is 25.1. The first-order valence-corrected chi connectivity index (χ1v) is 16.3. The first-order valence-electron chi connectivity index (χ1n) is 14.7. The maximum atomic E-state index is 14.4. The number of halogens is 2. The summed E-state index contributed by atoms with van der Waals surface area (Å²) in [5.41, 5.74) is 4.29. The van der Waals surface area contributed by atoms with Gasteiger partial charge in [-0.2, -0.15) is 0 Å². The fraction of sp³-hybridized carbons (Fsp3) is 0.229. The predicted molar refractivity (Wildman–Crippen MR) is 180 cm³/mol. The highest BCUT2D eigenvalue weighted by Crippen LogP contribution is 2.38. The van der Waals surface area contributed by atoms with Crippen LogP contribution in [-0.2, 0) is 16.1 Å². The molecule has 1 aliphatic rings. The molecule has 0 saturated carbocycles. The van der Waals surface area contributed by atoms with Gasteiger partial charge in [0, 0.05) is 44.8 Å². The van der Waals surface area contributed by atoms with Crippen molar-refractivity contribution in [2.45, 2.75) is 39.3 Å². The molecule has 5 aromatic rings. The van der Waals surface area contributed by atoms with Gasteiger partial charge in [0.15, 0.2) is 4.80 Å². The third kappa shape index (κ3) is 5.98. The second-order valence-electron chi connectivity index (χ2n) is 10.7. The van der Waals surface area contributed by atoms with Gasteiger partial charge >= 0.3 is 5.97 Å². The van der Waals surface area contributed by atoms with Crippen LogP contribution in [0.25, 0.3) is 17.0 Å². The number of hydrogen-bond donors (Lipinski definition) is 0. The molecule has 0 radical (unpaired) electrons. The van der Waals surface area contributed by atoms with Crippen LogP contribution in [0.2, 0.25) is 10.0 Å². The molecule has 3 aromatic carbocycles. The lowest BCUT2D eigenvalue weighted by atomic mass is 9.93. The van der Waals surface area contributed by atoms with Crippen molar-refractivity contribution in [3.05, 3.63) is 131 Å². The predicted octanol–water partition coefficient (Wildman–Crippen LogP) is 6.90. The van der Waals surface area contributed by atoms with Crippen LogP contribution in [0.3, 0.4) is 0 Å². The molecule has 0 amide bonds. The van der Waals surface area contributed by atoms with Crippen LogP contribution in [0.15, 0.2) is 94.0 Å². The molecule has 7 nitrogen and oxygen atoms in total. The number of esters is 1. The minimum absolute atomic E-state index is 0.186. The summed E-state index contributed by atoms with van der Waals surface area (Å²) in [6, 6.07) is 20.3. The lowest BCUT2D eigenvalue weighted by Crippen LogP contribution is -2.40. The van der Waals surface area contributed by atoms with Crippen LogP contribution in [0.4, 0.5) is 0 Å². The Morgan fingerprint density at radius 2 is 1.80 bits per heavy atom. The minimum atomic E-state index is -0.830. The van der Waals surface area contributed by atoms with Gasteiger partial charge < -0.3 is 14.0 Å². The molecule has 0 spiro atoms.